The first-order valence-electron chi connectivity index (χ1n) is 12.3. The van der Waals surface area contributed by atoms with E-state index in [0.717, 1.165) is 6.42 Å². The van der Waals surface area contributed by atoms with Gasteiger partial charge in [0.15, 0.2) is 5.58 Å². The monoisotopic (exact) mass is 501 g/mol. The summed E-state index contributed by atoms with van der Waals surface area (Å²) in [5.74, 6) is 0.751. The first kappa shape index (κ1) is 25.9. The van der Waals surface area contributed by atoms with Gasteiger partial charge in [0.25, 0.3) is 5.91 Å². The van der Waals surface area contributed by atoms with Crippen molar-refractivity contribution in [2.75, 3.05) is 18.5 Å². The molecular formula is C29H31N3O5. The van der Waals surface area contributed by atoms with Gasteiger partial charge in [0, 0.05) is 28.9 Å². The van der Waals surface area contributed by atoms with Gasteiger partial charge in [0.2, 0.25) is 5.55 Å². The van der Waals surface area contributed by atoms with E-state index in [4.69, 9.17) is 18.9 Å². The second-order valence-electron chi connectivity index (χ2n) is 8.35. The highest BCUT2D eigenvalue weighted by Gasteiger charge is 2.17. The molecule has 0 radical (unpaired) electrons. The summed E-state index contributed by atoms with van der Waals surface area (Å²) in [5, 5.41) is 13.4. The molecule has 0 aliphatic heterocycles. The number of hydrogen-bond acceptors (Lipinski definition) is 7. The maximum absolute atomic E-state index is 13.5. The molecular weight excluding hydrogens is 470 g/mol. The maximum Gasteiger partial charge on any atom is 0.261 e. The first-order valence-corrected chi connectivity index (χ1v) is 12.3. The number of aromatic nitrogens is 1. The van der Waals surface area contributed by atoms with Gasteiger partial charge in [-0.25, -0.2) is 4.99 Å². The number of fused-ring (bicyclic) bond motifs is 1. The number of aryl methyl sites for hydroxylation is 2. The van der Waals surface area contributed by atoms with Crippen molar-refractivity contribution in [3.63, 3.8) is 0 Å². The van der Waals surface area contributed by atoms with E-state index in [0.29, 0.717) is 58.3 Å². The zero-order valence-electron chi connectivity index (χ0n) is 21.5. The van der Waals surface area contributed by atoms with Crippen LogP contribution in [0.5, 0.6) is 11.5 Å². The summed E-state index contributed by atoms with van der Waals surface area (Å²) in [6, 6.07) is 14.7. The Morgan fingerprint density at radius 3 is 2.49 bits per heavy atom. The molecule has 8 heteroatoms. The molecule has 0 aliphatic carbocycles. The Labute approximate surface area is 215 Å². The summed E-state index contributed by atoms with van der Waals surface area (Å²) >= 11 is 0. The summed E-state index contributed by atoms with van der Waals surface area (Å²) < 4.78 is 17.6. The largest absolute Gasteiger partial charge is 0.494 e. The van der Waals surface area contributed by atoms with Crippen LogP contribution in [0.4, 0.5) is 11.4 Å². The fourth-order valence-electron chi connectivity index (χ4n) is 3.91. The van der Waals surface area contributed by atoms with Gasteiger partial charge < -0.3 is 24.3 Å². The van der Waals surface area contributed by atoms with Crippen LogP contribution in [0, 0.1) is 6.92 Å². The van der Waals surface area contributed by atoms with Crippen molar-refractivity contribution < 1.29 is 23.8 Å². The van der Waals surface area contributed by atoms with Gasteiger partial charge in [-0.2, -0.15) is 0 Å². The van der Waals surface area contributed by atoms with Crippen LogP contribution >= 0.6 is 0 Å². The van der Waals surface area contributed by atoms with Crippen LogP contribution in [0.15, 0.2) is 64.1 Å². The van der Waals surface area contributed by atoms with E-state index in [1.54, 1.807) is 37.4 Å². The molecule has 0 spiro atoms. The molecule has 192 valence electrons. The van der Waals surface area contributed by atoms with E-state index in [1.165, 1.54) is 5.56 Å². The molecule has 37 heavy (non-hydrogen) atoms. The Balaban J connectivity index is 1.92. The number of pyridine rings is 1. The number of benzene rings is 2. The van der Waals surface area contributed by atoms with Crippen molar-refractivity contribution in [2.24, 2.45) is 4.99 Å². The minimum atomic E-state index is -0.397. The van der Waals surface area contributed by atoms with Gasteiger partial charge in [0.1, 0.15) is 22.7 Å². The fraction of sp³-hybridized carbons (Fsp3) is 0.276. The number of amides is 1. The minimum Gasteiger partial charge on any atom is -0.494 e. The van der Waals surface area contributed by atoms with Crippen LogP contribution in [0.25, 0.3) is 11.0 Å². The molecule has 0 unspecified atom stereocenters. The number of carbonyl (C=O) groups is 1. The van der Waals surface area contributed by atoms with Gasteiger partial charge in [0.05, 0.1) is 25.5 Å². The molecule has 4 rings (SSSR count). The predicted octanol–water partition coefficient (Wildman–Crippen LogP) is 5.47. The van der Waals surface area contributed by atoms with Gasteiger partial charge in [-0.15, -0.1) is 0 Å². The molecule has 8 nitrogen and oxygen atoms in total. The molecule has 2 aromatic carbocycles. The Morgan fingerprint density at radius 2 is 1.81 bits per heavy atom. The van der Waals surface area contributed by atoms with Crippen molar-refractivity contribution in [1.82, 2.24) is 4.98 Å². The SMILES string of the molecule is CCOc1ccc(OCC)c(N=c2oc3c(C)ncc(CO)c3cc2C(=O)Nc2ccc(CC)cc2)c1. The lowest BCUT2D eigenvalue weighted by molar-refractivity contribution is 0.102. The third kappa shape index (κ3) is 5.81. The summed E-state index contributed by atoms with van der Waals surface area (Å²) in [6.45, 7) is 8.34. The summed E-state index contributed by atoms with van der Waals surface area (Å²) in [7, 11) is 0. The molecule has 2 heterocycles. The zero-order valence-corrected chi connectivity index (χ0v) is 21.5. The van der Waals surface area contributed by atoms with Crippen LogP contribution in [-0.2, 0) is 13.0 Å². The highest BCUT2D eigenvalue weighted by molar-refractivity contribution is 6.05. The van der Waals surface area contributed by atoms with E-state index >= 15 is 0 Å². The molecule has 0 aliphatic rings. The number of nitrogens with one attached hydrogen (secondary N) is 1. The molecule has 0 atom stereocenters. The number of aliphatic hydroxyl groups is 1. The van der Waals surface area contributed by atoms with Crippen LogP contribution in [0.2, 0.25) is 0 Å². The Morgan fingerprint density at radius 1 is 1.05 bits per heavy atom. The number of anilines is 1. The van der Waals surface area contributed by atoms with E-state index in [2.05, 4.69) is 17.2 Å². The van der Waals surface area contributed by atoms with Gasteiger partial charge in [-0.05, 0) is 63.1 Å². The second-order valence-corrected chi connectivity index (χ2v) is 8.35. The molecule has 0 fully saturated rings. The van der Waals surface area contributed by atoms with Crippen LogP contribution < -0.4 is 20.3 Å². The summed E-state index contributed by atoms with van der Waals surface area (Å²) in [6.07, 6.45) is 2.48. The lowest BCUT2D eigenvalue weighted by atomic mass is 10.1. The van der Waals surface area contributed by atoms with Crippen LogP contribution in [0.3, 0.4) is 0 Å². The number of ether oxygens (including phenoxy) is 2. The molecule has 1 amide bonds. The quantitative estimate of drug-likeness (QED) is 0.315. The Bertz CT molecular complexity index is 1480. The number of rotatable bonds is 9. The molecule has 0 saturated heterocycles. The zero-order chi connectivity index (χ0) is 26.4. The van der Waals surface area contributed by atoms with E-state index in [1.807, 2.05) is 38.1 Å². The Hall–Kier alpha value is -4.17. The topological polar surface area (TPSA) is 106 Å². The predicted molar refractivity (Wildman–Crippen MR) is 142 cm³/mol. The van der Waals surface area contributed by atoms with Crippen LogP contribution in [-0.4, -0.2) is 29.2 Å². The minimum absolute atomic E-state index is 0.0877. The van der Waals surface area contributed by atoms with Crippen LogP contribution in [0.1, 0.15) is 48.0 Å². The first-order chi connectivity index (χ1) is 18.0. The van der Waals surface area contributed by atoms with Crippen molar-refractivity contribution in [3.05, 3.63) is 82.7 Å². The third-order valence-corrected chi connectivity index (χ3v) is 5.85. The highest BCUT2D eigenvalue weighted by Crippen LogP contribution is 2.32. The number of aliphatic hydroxyl groups excluding tert-OH is 1. The van der Waals surface area contributed by atoms with Crippen molar-refractivity contribution in [3.8, 4) is 11.5 Å². The number of nitrogens with zero attached hydrogens (tertiary/aromatic N) is 2. The molecule has 0 bridgehead atoms. The van der Waals surface area contributed by atoms with Gasteiger partial charge >= 0.3 is 0 Å². The smallest absolute Gasteiger partial charge is 0.261 e. The average Bonchev–Trinajstić information content (AvgIpc) is 2.91. The van der Waals surface area contributed by atoms with E-state index < -0.39 is 5.91 Å². The van der Waals surface area contributed by atoms with E-state index in [-0.39, 0.29) is 17.7 Å². The number of carbonyl (C=O) groups excluding carboxylic acids is 1. The summed E-state index contributed by atoms with van der Waals surface area (Å²) in [5.41, 5.74) is 4.16. The fourth-order valence-corrected chi connectivity index (χ4v) is 3.91. The van der Waals surface area contributed by atoms with Crippen molar-refractivity contribution >= 4 is 28.3 Å². The van der Waals surface area contributed by atoms with Gasteiger partial charge in [-0.3, -0.25) is 9.78 Å². The highest BCUT2D eigenvalue weighted by atomic mass is 16.5. The van der Waals surface area contributed by atoms with E-state index in [9.17, 15) is 9.90 Å². The second kappa shape index (κ2) is 11.7. The standard InChI is InChI=1S/C29H31N3O5/c1-5-19-8-10-21(11-9-19)31-28(34)24-15-23-20(17-33)16-30-18(4)27(23)37-29(24)32-25-14-22(35-6-2)12-13-26(25)36-7-3/h8-16,33H,5-7,17H2,1-4H3,(H,31,34). The normalized spacial score (nSPS) is 11.5. The Kier molecular flexibility index (Phi) is 8.20. The molecule has 2 aromatic heterocycles. The molecule has 4 aromatic rings. The average molecular weight is 502 g/mol. The summed E-state index contributed by atoms with van der Waals surface area (Å²) in [4.78, 5) is 22.6. The number of hydrogen-bond donors (Lipinski definition) is 2. The van der Waals surface area contributed by atoms with Crippen molar-refractivity contribution in [1.29, 1.82) is 0 Å². The lowest BCUT2D eigenvalue weighted by Crippen LogP contribution is -2.22. The third-order valence-electron chi connectivity index (χ3n) is 5.85. The molecule has 0 saturated carbocycles. The lowest BCUT2D eigenvalue weighted by Gasteiger charge is -2.12. The maximum atomic E-state index is 13.5. The van der Waals surface area contributed by atoms with Crippen molar-refractivity contribution in [2.45, 2.75) is 40.7 Å². The van der Waals surface area contributed by atoms with Gasteiger partial charge in [-0.1, -0.05) is 19.1 Å². The molecule has 2 N–H and O–H groups in total.